The minimum absolute atomic E-state index is 0.380. The first-order valence-electron chi connectivity index (χ1n) is 9.16. The number of ether oxygens (including phenoxy) is 1. The molecule has 31 heavy (non-hydrogen) atoms. The molecular formula is C21H14Cl2N7O+. The van der Waals surface area contributed by atoms with Crippen LogP contribution in [0.1, 0.15) is 5.69 Å². The number of anilines is 1. The average Bonchev–Trinajstić information content (AvgIpc) is 3.34. The number of hydrogen-bond acceptors (Lipinski definition) is 4. The summed E-state index contributed by atoms with van der Waals surface area (Å²) in [6.07, 6.45) is 1.69. The van der Waals surface area contributed by atoms with Crippen LogP contribution in [0.4, 0.5) is 11.5 Å². The molecule has 0 radical (unpaired) electrons. The Balaban J connectivity index is 1.54. The van der Waals surface area contributed by atoms with E-state index in [-0.39, 0.29) is 0 Å². The van der Waals surface area contributed by atoms with Gasteiger partial charge in [0.15, 0.2) is 11.4 Å². The standard InChI is InChI=1S/C21H13Cl2N7O/c1-25-12-6-11(22)7-13(8-12)31-20-15-9-26-30(18(15)4-3-16(20)23)10-17-14-2-5-19(24)27-21(14)29-28-17/h2-9H,10H2,(H3,24,27,28,29)/p+1. The molecule has 4 N–H and O–H groups in total. The highest BCUT2D eigenvalue weighted by atomic mass is 35.5. The first-order valence-corrected chi connectivity index (χ1v) is 9.92. The van der Waals surface area contributed by atoms with Crippen LogP contribution in [0, 0.1) is 6.57 Å². The van der Waals surface area contributed by atoms with Crippen molar-refractivity contribution in [2.45, 2.75) is 6.54 Å². The lowest BCUT2D eigenvalue weighted by Crippen LogP contribution is -2.10. The number of fused-ring (bicyclic) bond motifs is 2. The van der Waals surface area contributed by atoms with Crippen molar-refractivity contribution >= 4 is 56.6 Å². The molecule has 8 nitrogen and oxygen atoms in total. The molecule has 0 aliphatic heterocycles. The normalized spacial score (nSPS) is 11.1. The quantitative estimate of drug-likeness (QED) is 0.375. The van der Waals surface area contributed by atoms with Crippen LogP contribution in [-0.2, 0) is 6.54 Å². The SMILES string of the molecule is [C-]#[N+]c1cc(Cl)cc(Oc2c(Cl)ccc3c2cnn3Cc2[nH]nc3[nH+]c(N)ccc23)c1. The largest absolute Gasteiger partial charge is 0.456 e. The fourth-order valence-corrected chi connectivity index (χ4v) is 3.83. The Kier molecular flexibility index (Phi) is 4.62. The molecular weight excluding hydrogens is 437 g/mol. The van der Waals surface area contributed by atoms with Crippen molar-refractivity contribution < 1.29 is 9.72 Å². The summed E-state index contributed by atoms with van der Waals surface area (Å²) in [6, 6.07) is 12.1. The van der Waals surface area contributed by atoms with Gasteiger partial charge in [-0.2, -0.15) is 5.10 Å². The van der Waals surface area contributed by atoms with E-state index in [9.17, 15) is 0 Å². The van der Waals surface area contributed by atoms with Gasteiger partial charge in [-0.1, -0.05) is 23.2 Å². The van der Waals surface area contributed by atoms with E-state index in [4.69, 9.17) is 40.2 Å². The Morgan fingerprint density at radius 3 is 2.87 bits per heavy atom. The van der Waals surface area contributed by atoms with Gasteiger partial charge in [-0.25, -0.2) is 14.9 Å². The number of nitrogens with one attached hydrogen (secondary N) is 2. The topological polar surface area (TPSA) is 100 Å². The zero-order valence-electron chi connectivity index (χ0n) is 15.9. The van der Waals surface area contributed by atoms with Crippen LogP contribution in [0.2, 0.25) is 10.0 Å². The molecule has 0 spiro atoms. The monoisotopic (exact) mass is 450 g/mol. The van der Waals surface area contributed by atoms with Crippen LogP contribution in [0.3, 0.4) is 0 Å². The van der Waals surface area contributed by atoms with Gasteiger partial charge < -0.3 is 10.5 Å². The Hall–Kier alpha value is -3.80. The molecule has 0 aliphatic rings. The number of rotatable bonds is 4. The highest BCUT2D eigenvalue weighted by molar-refractivity contribution is 6.33. The number of H-pyrrole nitrogens is 2. The fraction of sp³-hybridized carbons (Fsp3) is 0.0476. The molecule has 0 bridgehead atoms. The van der Waals surface area contributed by atoms with E-state index in [0.29, 0.717) is 45.2 Å². The van der Waals surface area contributed by atoms with Crippen LogP contribution < -0.4 is 15.5 Å². The Labute approximate surface area is 186 Å². The molecule has 5 aromatic rings. The predicted octanol–water partition coefficient (Wildman–Crippen LogP) is 5.01. The summed E-state index contributed by atoms with van der Waals surface area (Å²) in [6.45, 7) is 7.67. The summed E-state index contributed by atoms with van der Waals surface area (Å²) in [5.74, 6) is 1.40. The van der Waals surface area contributed by atoms with Crippen molar-refractivity contribution in [2.75, 3.05) is 5.73 Å². The maximum Gasteiger partial charge on any atom is 0.293 e. The number of aromatic amines is 2. The van der Waals surface area contributed by atoms with Gasteiger partial charge in [0.2, 0.25) is 5.82 Å². The van der Waals surface area contributed by atoms with E-state index in [0.717, 1.165) is 22.0 Å². The second kappa shape index (κ2) is 7.47. The molecule has 5 rings (SSSR count). The third-order valence-electron chi connectivity index (χ3n) is 4.82. The van der Waals surface area contributed by atoms with E-state index < -0.39 is 0 Å². The third-order valence-corrected chi connectivity index (χ3v) is 5.33. The first-order chi connectivity index (χ1) is 15.0. The second-order valence-corrected chi connectivity index (χ2v) is 7.69. The van der Waals surface area contributed by atoms with Crippen LogP contribution in [0.5, 0.6) is 11.5 Å². The third kappa shape index (κ3) is 3.50. The Morgan fingerprint density at radius 2 is 2.03 bits per heavy atom. The molecule has 3 aromatic heterocycles. The number of benzene rings is 2. The molecule has 0 saturated heterocycles. The molecule has 10 heteroatoms. The molecule has 2 aromatic carbocycles. The number of pyridine rings is 1. The van der Waals surface area contributed by atoms with Crippen LogP contribution in [0.25, 0.3) is 26.8 Å². The van der Waals surface area contributed by atoms with Crippen LogP contribution in [0.15, 0.2) is 48.7 Å². The maximum absolute atomic E-state index is 7.21. The van der Waals surface area contributed by atoms with Crippen molar-refractivity contribution in [3.05, 3.63) is 75.8 Å². The number of nitrogens with two attached hydrogens (primary N) is 1. The highest BCUT2D eigenvalue weighted by Gasteiger charge is 2.17. The first kappa shape index (κ1) is 19.2. The molecule has 152 valence electrons. The number of aromatic nitrogens is 5. The molecule has 0 aliphatic carbocycles. The summed E-state index contributed by atoms with van der Waals surface area (Å²) in [5.41, 5.74) is 8.55. The van der Waals surface area contributed by atoms with Gasteiger partial charge in [-0.3, -0.25) is 4.68 Å². The van der Waals surface area contributed by atoms with Crippen molar-refractivity contribution in [2.24, 2.45) is 0 Å². The zero-order chi connectivity index (χ0) is 21.5. The molecule has 0 amide bonds. The lowest BCUT2D eigenvalue weighted by Gasteiger charge is -2.10. The minimum Gasteiger partial charge on any atom is -0.456 e. The Morgan fingerprint density at radius 1 is 1.16 bits per heavy atom. The molecule has 0 atom stereocenters. The smallest absolute Gasteiger partial charge is 0.293 e. The predicted molar refractivity (Wildman–Crippen MR) is 119 cm³/mol. The lowest BCUT2D eigenvalue weighted by molar-refractivity contribution is -0.329. The van der Waals surface area contributed by atoms with Crippen molar-refractivity contribution in [3.63, 3.8) is 0 Å². The molecule has 0 fully saturated rings. The number of nitrogen functional groups attached to an aromatic ring is 1. The summed E-state index contributed by atoms with van der Waals surface area (Å²) < 4.78 is 7.85. The Bertz CT molecular complexity index is 1500. The van der Waals surface area contributed by atoms with Crippen molar-refractivity contribution in [3.8, 4) is 11.5 Å². The van der Waals surface area contributed by atoms with Crippen LogP contribution >= 0.6 is 23.2 Å². The van der Waals surface area contributed by atoms with Crippen LogP contribution in [-0.4, -0.2) is 20.0 Å². The van der Waals surface area contributed by atoms with E-state index >= 15 is 0 Å². The number of nitrogens with zero attached hydrogens (tertiary/aromatic N) is 4. The maximum atomic E-state index is 7.21. The summed E-state index contributed by atoms with van der Waals surface area (Å²) >= 11 is 12.5. The second-order valence-electron chi connectivity index (χ2n) is 6.85. The van der Waals surface area contributed by atoms with E-state index in [1.165, 1.54) is 0 Å². The highest BCUT2D eigenvalue weighted by Crippen LogP contribution is 2.38. The van der Waals surface area contributed by atoms with Gasteiger partial charge in [0.1, 0.15) is 5.75 Å². The van der Waals surface area contributed by atoms with E-state index in [1.807, 2.05) is 16.8 Å². The van der Waals surface area contributed by atoms with Crippen molar-refractivity contribution in [1.29, 1.82) is 0 Å². The number of halogens is 2. The van der Waals surface area contributed by atoms with Gasteiger partial charge in [-0.05, 0) is 41.5 Å². The summed E-state index contributed by atoms with van der Waals surface area (Å²) in [7, 11) is 0. The van der Waals surface area contributed by atoms with Gasteiger partial charge in [0.25, 0.3) is 5.65 Å². The average molecular weight is 451 g/mol. The van der Waals surface area contributed by atoms with Gasteiger partial charge in [0, 0.05) is 11.1 Å². The molecule has 0 saturated carbocycles. The van der Waals surface area contributed by atoms with E-state index in [2.05, 4.69) is 25.1 Å². The van der Waals surface area contributed by atoms with Gasteiger partial charge in [0.05, 0.1) is 46.3 Å². The zero-order valence-corrected chi connectivity index (χ0v) is 17.4. The molecule has 3 heterocycles. The summed E-state index contributed by atoms with van der Waals surface area (Å²) in [4.78, 5) is 6.43. The fourth-order valence-electron chi connectivity index (χ4n) is 3.40. The minimum atomic E-state index is 0.380. The lowest BCUT2D eigenvalue weighted by atomic mass is 10.2. The molecule has 0 unspecified atom stereocenters. The number of hydrogen-bond donors (Lipinski definition) is 2. The van der Waals surface area contributed by atoms with Gasteiger partial charge >= 0.3 is 0 Å². The van der Waals surface area contributed by atoms with Crippen molar-refractivity contribution in [1.82, 2.24) is 20.0 Å². The van der Waals surface area contributed by atoms with E-state index in [1.54, 1.807) is 36.5 Å². The summed E-state index contributed by atoms with van der Waals surface area (Å²) in [5, 5.41) is 14.3. The van der Waals surface area contributed by atoms with Gasteiger partial charge in [-0.15, -0.1) is 0 Å².